The van der Waals surface area contributed by atoms with Crippen molar-refractivity contribution in [2.24, 2.45) is 0 Å². The lowest BCUT2D eigenvalue weighted by Gasteiger charge is -2.46. The molecule has 2 aliphatic rings. The van der Waals surface area contributed by atoms with Gasteiger partial charge in [-0.05, 0) is 51.4 Å². The van der Waals surface area contributed by atoms with Gasteiger partial charge in [0, 0.05) is 6.42 Å². The topological polar surface area (TPSA) is 228 Å². The second-order valence-electron chi connectivity index (χ2n) is 20.0. The Kier molecular flexibility index (Phi) is 39.6. The summed E-state index contributed by atoms with van der Waals surface area (Å²) in [6.45, 7) is 2.68. The summed E-state index contributed by atoms with van der Waals surface area (Å²) >= 11 is 0. The van der Waals surface area contributed by atoms with Crippen molar-refractivity contribution in [2.45, 2.75) is 286 Å². The molecule has 0 saturated carbocycles. The molecule has 2 aliphatic heterocycles. The maximum Gasteiger partial charge on any atom is 0.220 e. The predicted molar refractivity (Wildman–Crippen MR) is 281 cm³/mol. The number of rotatable bonds is 44. The molecule has 0 aromatic carbocycles. The molecule has 2 fully saturated rings. The van der Waals surface area contributed by atoms with E-state index in [1.807, 2.05) is 6.08 Å². The quantitative estimate of drug-likeness (QED) is 0.0206. The minimum atomic E-state index is -1.79. The van der Waals surface area contributed by atoms with E-state index >= 15 is 0 Å². The maximum atomic E-state index is 13.2. The summed E-state index contributed by atoms with van der Waals surface area (Å²) in [5.74, 6) is -0.250. The highest BCUT2D eigenvalue weighted by molar-refractivity contribution is 5.76. The molecule has 71 heavy (non-hydrogen) atoms. The number of allylic oxidation sites excluding steroid dienone is 7. The van der Waals surface area contributed by atoms with Gasteiger partial charge >= 0.3 is 0 Å². The zero-order chi connectivity index (χ0) is 51.7. The number of hydrogen-bond donors (Lipinski definition) is 9. The van der Waals surface area contributed by atoms with Crippen molar-refractivity contribution in [2.75, 3.05) is 19.8 Å². The van der Waals surface area contributed by atoms with E-state index in [0.717, 1.165) is 70.6 Å². The second kappa shape index (κ2) is 43.2. The molecular formula is C57H103NO13. The van der Waals surface area contributed by atoms with Gasteiger partial charge in [-0.1, -0.05) is 204 Å². The normalized spacial score (nSPS) is 26.1. The summed E-state index contributed by atoms with van der Waals surface area (Å²) < 4.78 is 22.7. The molecule has 9 N–H and O–H groups in total. The van der Waals surface area contributed by atoms with Crippen LogP contribution in [0.5, 0.6) is 0 Å². The third kappa shape index (κ3) is 29.6. The Morgan fingerprint density at radius 3 is 1.49 bits per heavy atom. The molecule has 0 spiro atoms. The van der Waals surface area contributed by atoms with E-state index in [-0.39, 0.29) is 18.9 Å². The zero-order valence-corrected chi connectivity index (χ0v) is 44.2. The highest BCUT2D eigenvalue weighted by Gasteiger charge is 2.51. The minimum Gasteiger partial charge on any atom is -0.394 e. The van der Waals surface area contributed by atoms with Crippen molar-refractivity contribution in [3.8, 4) is 0 Å². The molecular weight excluding hydrogens is 907 g/mol. The van der Waals surface area contributed by atoms with Crippen LogP contribution < -0.4 is 5.32 Å². The van der Waals surface area contributed by atoms with Crippen LogP contribution >= 0.6 is 0 Å². The molecule has 0 aromatic heterocycles. The van der Waals surface area contributed by atoms with Crippen molar-refractivity contribution in [1.82, 2.24) is 5.32 Å². The van der Waals surface area contributed by atoms with E-state index in [4.69, 9.17) is 18.9 Å². The summed E-state index contributed by atoms with van der Waals surface area (Å²) in [7, 11) is 0. The van der Waals surface area contributed by atoms with E-state index in [9.17, 15) is 45.6 Å². The van der Waals surface area contributed by atoms with Crippen LogP contribution in [0.1, 0.15) is 213 Å². The standard InChI is InChI=1S/C57H103NO13/c1-3-5-7-9-11-13-15-17-19-21-22-23-25-26-28-30-32-34-36-38-40-46(61)45(58-49(62)41-39-37-35-33-31-29-27-24-20-18-16-14-12-10-8-6-4-2)44-68-56-54(67)52(65)55(48(43-60)70-56)71-57-53(66)51(64)50(63)47(42-59)69-57/h6,8,12,14,18,20,38,40,45-48,50-57,59-61,63-67H,3-5,7,9-11,13,15-17,19,21-37,39,41-44H2,1-2H3,(H,58,62)/b8-6-,14-12-,20-18-,40-38+. The molecule has 2 rings (SSSR count). The van der Waals surface area contributed by atoms with Crippen molar-refractivity contribution < 1.29 is 64.6 Å². The summed E-state index contributed by atoms with van der Waals surface area (Å²) in [6.07, 6.45) is 35.7. The van der Waals surface area contributed by atoms with Gasteiger partial charge in [-0.2, -0.15) is 0 Å². The molecule has 12 atom stereocenters. The first-order chi connectivity index (χ1) is 34.6. The fourth-order valence-electron chi connectivity index (χ4n) is 9.19. The van der Waals surface area contributed by atoms with Crippen LogP contribution in [-0.2, 0) is 23.7 Å². The number of hydrogen-bond acceptors (Lipinski definition) is 13. The number of nitrogens with one attached hydrogen (secondary N) is 1. The van der Waals surface area contributed by atoms with Crippen LogP contribution in [0.2, 0.25) is 0 Å². The number of aliphatic hydroxyl groups excluding tert-OH is 8. The Bertz CT molecular complexity index is 1380. The van der Waals surface area contributed by atoms with Crippen molar-refractivity contribution in [3.63, 3.8) is 0 Å². The first kappa shape index (κ1) is 65.1. The van der Waals surface area contributed by atoms with Gasteiger partial charge < -0.3 is 65.1 Å². The molecule has 14 nitrogen and oxygen atoms in total. The van der Waals surface area contributed by atoms with Gasteiger partial charge in [0.15, 0.2) is 12.6 Å². The number of aliphatic hydroxyl groups is 8. The molecule has 0 aliphatic carbocycles. The van der Waals surface area contributed by atoms with Crippen molar-refractivity contribution in [1.29, 1.82) is 0 Å². The highest BCUT2D eigenvalue weighted by Crippen LogP contribution is 2.30. The van der Waals surface area contributed by atoms with Crippen LogP contribution in [0.15, 0.2) is 48.6 Å². The Morgan fingerprint density at radius 2 is 0.972 bits per heavy atom. The van der Waals surface area contributed by atoms with Crippen LogP contribution in [0.4, 0.5) is 0 Å². The lowest BCUT2D eigenvalue weighted by molar-refractivity contribution is -0.359. The monoisotopic (exact) mass is 1010 g/mol. The average Bonchev–Trinajstić information content (AvgIpc) is 3.37. The van der Waals surface area contributed by atoms with E-state index in [2.05, 4.69) is 55.6 Å². The summed E-state index contributed by atoms with van der Waals surface area (Å²) in [5.41, 5.74) is 0. The molecule has 0 aromatic rings. The molecule has 0 radical (unpaired) electrons. The lowest BCUT2D eigenvalue weighted by Crippen LogP contribution is -2.65. The van der Waals surface area contributed by atoms with E-state index < -0.39 is 86.8 Å². The number of ether oxygens (including phenoxy) is 4. The third-order valence-corrected chi connectivity index (χ3v) is 13.8. The Morgan fingerprint density at radius 1 is 0.521 bits per heavy atom. The number of carbonyl (C=O) groups is 1. The van der Waals surface area contributed by atoms with Gasteiger partial charge in [0.05, 0.1) is 32.0 Å². The van der Waals surface area contributed by atoms with Gasteiger partial charge in [0.1, 0.15) is 48.8 Å². The fourth-order valence-corrected chi connectivity index (χ4v) is 9.19. The third-order valence-electron chi connectivity index (χ3n) is 13.8. The lowest BCUT2D eigenvalue weighted by atomic mass is 9.97. The average molecular weight is 1010 g/mol. The van der Waals surface area contributed by atoms with Crippen LogP contribution in [-0.4, -0.2) is 140 Å². The van der Waals surface area contributed by atoms with E-state index in [1.165, 1.54) is 116 Å². The molecule has 14 heteroatoms. The number of amides is 1. The van der Waals surface area contributed by atoms with Gasteiger partial charge in [0.25, 0.3) is 0 Å². The number of carbonyl (C=O) groups excluding carboxylic acids is 1. The molecule has 2 heterocycles. The molecule has 0 bridgehead atoms. The van der Waals surface area contributed by atoms with Crippen molar-refractivity contribution >= 4 is 5.91 Å². The van der Waals surface area contributed by atoms with Crippen LogP contribution in [0.25, 0.3) is 0 Å². The fraction of sp³-hybridized carbons (Fsp3) is 0.842. The second-order valence-corrected chi connectivity index (χ2v) is 20.0. The maximum absolute atomic E-state index is 13.2. The summed E-state index contributed by atoms with van der Waals surface area (Å²) in [5, 5.41) is 87.0. The largest absolute Gasteiger partial charge is 0.394 e. The number of unbranched alkanes of at least 4 members (excludes halogenated alkanes) is 25. The van der Waals surface area contributed by atoms with Crippen LogP contribution in [0.3, 0.4) is 0 Å². The first-order valence-corrected chi connectivity index (χ1v) is 28.4. The predicted octanol–water partition coefficient (Wildman–Crippen LogP) is 8.83. The summed E-state index contributed by atoms with van der Waals surface area (Å²) in [6, 6.07) is -0.921. The van der Waals surface area contributed by atoms with Gasteiger partial charge in [-0.25, -0.2) is 0 Å². The first-order valence-electron chi connectivity index (χ1n) is 28.4. The smallest absolute Gasteiger partial charge is 0.220 e. The summed E-state index contributed by atoms with van der Waals surface area (Å²) in [4.78, 5) is 13.2. The van der Waals surface area contributed by atoms with Crippen molar-refractivity contribution in [3.05, 3.63) is 48.6 Å². The van der Waals surface area contributed by atoms with Gasteiger partial charge in [-0.15, -0.1) is 0 Å². The Hall–Kier alpha value is -2.05. The highest BCUT2D eigenvalue weighted by atomic mass is 16.7. The van der Waals surface area contributed by atoms with Crippen LogP contribution in [0, 0.1) is 0 Å². The molecule has 2 saturated heterocycles. The molecule has 414 valence electrons. The van der Waals surface area contributed by atoms with Gasteiger partial charge in [-0.3, -0.25) is 4.79 Å². The minimum absolute atomic E-state index is 0.250. The molecule has 12 unspecified atom stereocenters. The molecule has 1 amide bonds. The van der Waals surface area contributed by atoms with E-state index in [1.54, 1.807) is 6.08 Å². The SMILES string of the molecule is CC/C=C\C/C=C\C/C=C\CCCCCCCCCC(=O)NC(COC1OC(CO)C(OC2OC(CO)C(O)C(O)C2O)C(O)C1O)C(O)/C=C/CCCCCCCCCCCCCCCCCCCC. The zero-order valence-electron chi connectivity index (χ0n) is 44.2. The van der Waals surface area contributed by atoms with Gasteiger partial charge in [0.2, 0.25) is 5.91 Å². The van der Waals surface area contributed by atoms with E-state index in [0.29, 0.717) is 6.42 Å². The Balaban J connectivity index is 1.80. The Labute approximate surface area is 429 Å².